The van der Waals surface area contributed by atoms with Crippen LogP contribution >= 0.6 is 11.6 Å². The van der Waals surface area contributed by atoms with Crippen LogP contribution in [0.2, 0.25) is 5.02 Å². The van der Waals surface area contributed by atoms with Crippen molar-refractivity contribution in [2.24, 2.45) is 0 Å². The molecule has 2 aromatic heterocycles. The second kappa shape index (κ2) is 7.17. The molecule has 0 amide bonds. The van der Waals surface area contributed by atoms with Gasteiger partial charge in [-0.2, -0.15) is 0 Å². The van der Waals surface area contributed by atoms with Crippen molar-refractivity contribution in [3.63, 3.8) is 0 Å². The second-order valence-corrected chi connectivity index (χ2v) is 7.00. The molecular formula is C23H14ClN3O3. The van der Waals surface area contributed by atoms with E-state index in [1.54, 1.807) is 24.3 Å². The van der Waals surface area contributed by atoms with Crippen LogP contribution in [-0.2, 0) is 0 Å². The number of para-hydroxylation sites is 1. The highest BCUT2D eigenvalue weighted by atomic mass is 35.5. The Bertz CT molecular complexity index is 1490. The number of nitrogens with zero attached hydrogens (tertiary/aromatic N) is 3. The molecule has 0 aliphatic rings. The van der Waals surface area contributed by atoms with Crippen molar-refractivity contribution in [3.05, 3.63) is 111 Å². The number of oxazole rings is 1. The molecule has 0 spiro atoms. The molecule has 3 aromatic carbocycles. The minimum Gasteiger partial charge on any atom is -0.422 e. The Balaban J connectivity index is 1.93. The number of benzene rings is 3. The van der Waals surface area contributed by atoms with E-state index in [2.05, 4.69) is 4.98 Å². The average Bonchev–Trinajstić information content (AvgIpc) is 3.16. The van der Waals surface area contributed by atoms with Crippen molar-refractivity contribution in [1.82, 2.24) is 14.0 Å². The zero-order valence-electron chi connectivity index (χ0n) is 15.5. The highest BCUT2D eigenvalue weighted by molar-refractivity contribution is 6.32. The summed E-state index contributed by atoms with van der Waals surface area (Å²) in [5.41, 5.74) is 0.915. The Labute approximate surface area is 175 Å². The van der Waals surface area contributed by atoms with Crippen LogP contribution < -0.4 is 11.4 Å². The van der Waals surface area contributed by atoms with Crippen LogP contribution in [0.25, 0.3) is 34.1 Å². The third-order valence-corrected chi connectivity index (χ3v) is 5.08. The summed E-state index contributed by atoms with van der Waals surface area (Å²) in [5.74, 6) is 0.369. The van der Waals surface area contributed by atoms with Gasteiger partial charge in [-0.15, -0.1) is 4.98 Å². The highest BCUT2D eigenvalue weighted by Crippen LogP contribution is 2.33. The first-order valence-corrected chi connectivity index (χ1v) is 9.57. The number of hydrogen-bond donors (Lipinski definition) is 0. The molecule has 0 atom stereocenters. The Morgan fingerprint density at radius 3 is 2.03 bits per heavy atom. The van der Waals surface area contributed by atoms with E-state index in [9.17, 15) is 9.59 Å². The quantitative estimate of drug-likeness (QED) is 0.437. The van der Waals surface area contributed by atoms with E-state index < -0.39 is 11.4 Å². The molecule has 6 nitrogen and oxygen atoms in total. The molecule has 5 rings (SSSR count). The Morgan fingerprint density at radius 1 is 0.767 bits per heavy atom. The van der Waals surface area contributed by atoms with E-state index >= 15 is 0 Å². The summed E-state index contributed by atoms with van der Waals surface area (Å²) in [4.78, 5) is 30.3. The maximum absolute atomic E-state index is 13.5. The predicted molar refractivity (Wildman–Crippen MR) is 115 cm³/mol. The van der Waals surface area contributed by atoms with Gasteiger partial charge in [-0.1, -0.05) is 84.4 Å². The van der Waals surface area contributed by atoms with Gasteiger partial charge < -0.3 is 4.42 Å². The van der Waals surface area contributed by atoms with Gasteiger partial charge in [-0.3, -0.25) is 0 Å². The van der Waals surface area contributed by atoms with Gasteiger partial charge in [0.05, 0.1) is 10.7 Å². The molecule has 0 saturated carbocycles. The minimum absolute atomic E-state index is 0.0778. The topological polar surface area (TPSA) is 69.5 Å². The number of fused-ring (bicyclic) bond motifs is 1. The number of rotatable bonds is 3. The van der Waals surface area contributed by atoms with Gasteiger partial charge >= 0.3 is 17.2 Å². The maximum Gasteiger partial charge on any atom is 0.361 e. The van der Waals surface area contributed by atoms with Crippen LogP contribution in [0.5, 0.6) is 0 Å². The van der Waals surface area contributed by atoms with Crippen molar-refractivity contribution in [2.75, 3.05) is 0 Å². The van der Waals surface area contributed by atoms with Gasteiger partial charge in [0.2, 0.25) is 0 Å². The first-order valence-electron chi connectivity index (χ1n) is 9.19. The number of hydrogen-bond acceptors (Lipinski definition) is 4. The third kappa shape index (κ3) is 2.86. The van der Waals surface area contributed by atoms with Crippen LogP contribution in [0, 0.1) is 0 Å². The van der Waals surface area contributed by atoms with Crippen molar-refractivity contribution >= 4 is 17.4 Å². The highest BCUT2D eigenvalue weighted by Gasteiger charge is 2.23. The lowest BCUT2D eigenvalue weighted by Gasteiger charge is -2.07. The molecule has 0 aliphatic heterocycles. The lowest BCUT2D eigenvalue weighted by atomic mass is 10.1. The fourth-order valence-electron chi connectivity index (χ4n) is 3.43. The van der Waals surface area contributed by atoms with E-state index in [4.69, 9.17) is 16.0 Å². The van der Waals surface area contributed by atoms with E-state index in [-0.39, 0.29) is 16.6 Å². The molecule has 30 heavy (non-hydrogen) atoms. The van der Waals surface area contributed by atoms with Crippen LogP contribution in [0.3, 0.4) is 0 Å². The zero-order chi connectivity index (χ0) is 20.7. The molecule has 7 heteroatoms. The standard InChI is InChI=1S/C23H14ClN3O3/c24-17-13-7-8-14-18(17)26-21(28)25-22-27(23(26)29)19(15-9-3-1-4-10-15)20(30-22)16-11-5-2-6-12-16/h1-14H. The summed E-state index contributed by atoms with van der Waals surface area (Å²) in [6.07, 6.45) is 0. The van der Waals surface area contributed by atoms with Crippen molar-refractivity contribution in [3.8, 4) is 28.3 Å². The molecule has 0 unspecified atom stereocenters. The van der Waals surface area contributed by atoms with Gasteiger partial charge in [0.1, 0.15) is 5.69 Å². The molecule has 146 valence electrons. The molecule has 0 fully saturated rings. The average molecular weight is 416 g/mol. The summed E-state index contributed by atoms with van der Waals surface area (Å²) in [7, 11) is 0. The fourth-order valence-corrected chi connectivity index (χ4v) is 3.65. The Kier molecular flexibility index (Phi) is 4.34. The van der Waals surface area contributed by atoms with E-state index in [0.29, 0.717) is 11.5 Å². The van der Waals surface area contributed by atoms with Crippen molar-refractivity contribution in [1.29, 1.82) is 0 Å². The Hall–Kier alpha value is -3.90. The maximum atomic E-state index is 13.5. The van der Waals surface area contributed by atoms with Crippen LogP contribution in [-0.4, -0.2) is 14.0 Å². The monoisotopic (exact) mass is 415 g/mol. The lowest BCUT2D eigenvalue weighted by molar-refractivity contribution is 0.592. The summed E-state index contributed by atoms with van der Waals surface area (Å²) in [6.45, 7) is 0. The molecule has 0 aliphatic carbocycles. The molecule has 0 saturated heterocycles. The lowest BCUT2D eigenvalue weighted by Crippen LogP contribution is -2.38. The van der Waals surface area contributed by atoms with Gasteiger partial charge in [0.15, 0.2) is 5.76 Å². The van der Waals surface area contributed by atoms with Gasteiger partial charge in [-0.05, 0) is 12.1 Å². The molecule has 5 aromatic rings. The first kappa shape index (κ1) is 18.1. The van der Waals surface area contributed by atoms with Gasteiger partial charge in [0.25, 0.3) is 0 Å². The smallest absolute Gasteiger partial charge is 0.361 e. The minimum atomic E-state index is -0.763. The summed E-state index contributed by atoms with van der Waals surface area (Å²) in [6, 6.07) is 25.4. The predicted octanol–water partition coefficient (Wildman–Crippen LogP) is 4.43. The summed E-state index contributed by atoms with van der Waals surface area (Å²) >= 11 is 6.25. The fraction of sp³-hybridized carbons (Fsp3) is 0. The SMILES string of the molecule is O=c1nc2oc(-c3ccccc3)c(-c3ccccc3)n2c(=O)n1-c1ccccc1Cl. The van der Waals surface area contributed by atoms with Gasteiger partial charge in [-0.25, -0.2) is 18.6 Å². The largest absolute Gasteiger partial charge is 0.422 e. The van der Waals surface area contributed by atoms with Gasteiger partial charge in [0, 0.05) is 11.1 Å². The molecule has 0 radical (unpaired) electrons. The number of halogens is 1. The van der Waals surface area contributed by atoms with E-state index in [1.165, 1.54) is 4.40 Å². The summed E-state index contributed by atoms with van der Waals surface area (Å²) in [5, 5.41) is 0.270. The van der Waals surface area contributed by atoms with Crippen molar-refractivity contribution < 1.29 is 4.42 Å². The van der Waals surface area contributed by atoms with E-state index in [1.807, 2.05) is 60.7 Å². The van der Waals surface area contributed by atoms with Crippen molar-refractivity contribution in [2.45, 2.75) is 0 Å². The molecular weight excluding hydrogens is 402 g/mol. The van der Waals surface area contributed by atoms with Crippen LogP contribution in [0.15, 0.2) is 98.9 Å². The molecule has 2 heterocycles. The third-order valence-electron chi connectivity index (χ3n) is 4.77. The normalized spacial score (nSPS) is 11.1. The van der Waals surface area contributed by atoms with Crippen LogP contribution in [0.1, 0.15) is 0 Å². The Morgan fingerprint density at radius 2 is 1.37 bits per heavy atom. The summed E-state index contributed by atoms with van der Waals surface area (Å²) < 4.78 is 8.19. The van der Waals surface area contributed by atoms with Crippen LogP contribution in [0.4, 0.5) is 0 Å². The molecule has 0 bridgehead atoms. The number of aromatic nitrogens is 3. The van der Waals surface area contributed by atoms with E-state index in [0.717, 1.165) is 15.7 Å². The zero-order valence-corrected chi connectivity index (χ0v) is 16.3. The molecule has 0 N–H and O–H groups in total. The first-order chi connectivity index (χ1) is 14.6. The second-order valence-electron chi connectivity index (χ2n) is 6.59.